The first-order valence-electron chi connectivity index (χ1n) is 9.58. The second kappa shape index (κ2) is 8.86. The van der Waals surface area contributed by atoms with Gasteiger partial charge in [0.25, 0.3) is 5.91 Å². The summed E-state index contributed by atoms with van der Waals surface area (Å²) in [5.41, 5.74) is 2.99. The number of benzene rings is 2. The van der Waals surface area contributed by atoms with Crippen LogP contribution in [0.3, 0.4) is 0 Å². The number of morpholine rings is 1. The van der Waals surface area contributed by atoms with Gasteiger partial charge in [-0.25, -0.2) is 0 Å². The summed E-state index contributed by atoms with van der Waals surface area (Å²) in [6.45, 7) is 4.82. The number of hydrogen-bond donors (Lipinski definition) is 1. The van der Waals surface area contributed by atoms with Crippen molar-refractivity contribution in [3.05, 3.63) is 52.5 Å². The van der Waals surface area contributed by atoms with E-state index in [9.17, 15) is 4.79 Å². The Kier molecular flexibility index (Phi) is 6.04. The van der Waals surface area contributed by atoms with Gasteiger partial charge in [-0.3, -0.25) is 9.69 Å². The van der Waals surface area contributed by atoms with Crippen LogP contribution in [0.5, 0.6) is 11.5 Å². The predicted octanol–water partition coefficient (Wildman–Crippen LogP) is 3.55. The monoisotopic (exact) mass is 414 g/mol. The molecule has 29 heavy (non-hydrogen) atoms. The zero-order chi connectivity index (χ0) is 20.2. The Hall–Kier alpha value is -2.54. The molecule has 0 atom stereocenters. The third-order valence-corrected chi connectivity index (χ3v) is 5.27. The van der Waals surface area contributed by atoms with Gasteiger partial charge < -0.3 is 19.5 Å². The molecule has 0 aromatic heterocycles. The number of carbonyl (C=O) groups excluding carboxylic acids is 1. The molecule has 6 nitrogen and oxygen atoms in total. The molecule has 2 aromatic rings. The SMILES string of the molecule is COc1cc(/C=C2\C(=O)Nc3ccc(Cl)cc32)ccc1OCCN1CCOCC1. The van der Waals surface area contributed by atoms with Gasteiger partial charge in [-0.1, -0.05) is 17.7 Å². The largest absolute Gasteiger partial charge is 0.493 e. The molecular weight excluding hydrogens is 392 g/mol. The molecule has 1 amide bonds. The highest BCUT2D eigenvalue weighted by atomic mass is 35.5. The number of nitrogens with zero attached hydrogens (tertiary/aromatic N) is 1. The summed E-state index contributed by atoms with van der Waals surface area (Å²) in [4.78, 5) is 14.7. The Morgan fingerprint density at radius 3 is 2.79 bits per heavy atom. The molecule has 0 saturated carbocycles. The van der Waals surface area contributed by atoms with Gasteiger partial charge in [0.05, 0.1) is 20.3 Å². The van der Waals surface area contributed by atoms with Gasteiger partial charge >= 0.3 is 0 Å². The standard InChI is InChI=1S/C22H23ClN2O4/c1-27-21-13-15(2-5-20(21)29-11-8-25-6-9-28-10-7-25)12-18-17-14-16(23)3-4-19(17)24-22(18)26/h2-5,12-14H,6-11H2,1H3,(H,24,26)/b18-12-. The van der Waals surface area contributed by atoms with E-state index in [1.165, 1.54) is 0 Å². The number of nitrogens with one attached hydrogen (secondary N) is 1. The molecule has 152 valence electrons. The molecule has 1 N–H and O–H groups in total. The molecule has 0 radical (unpaired) electrons. The topological polar surface area (TPSA) is 60.0 Å². The fourth-order valence-corrected chi connectivity index (χ4v) is 3.65. The Labute approximate surface area is 175 Å². The molecule has 4 rings (SSSR count). The maximum absolute atomic E-state index is 12.4. The fraction of sp³-hybridized carbons (Fsp3) is 0.318. The maximum atomic E-state index is 12.4. The first-order valence-corrected chi connectivity index (χ1v) is 9.96. The van der Waals surface area contributed by atoms with Crippen LogP contribution < -0.4 is 14.8 Å². The van der Waals surface area contributed by atoms with Crippen molar-refractivity contribution in [2.75, 3.05) is 51.9 Å². The van der Waals surface area contributed by atoms with Crippen molar-refractivity contribution in [3.8, 4) is 11.5 Å². The minimum atomic E-state index is -0.146. The summed E-state index contributed by atoms with van der Waals surface area (Å²) < 4.78 is 16.8. The summed E-state index contributed by atoms with van der Waals surface area (Å²) in [7, 11) is 1.61. The lowest BCUT2D eigenvalue weighted by molar-refractivity contribution is -0.110. The van der Waals surface area contributed by atoms with Crippen LogP contribution >= 0.6 is 11.6 Å². The van der Waals surface area contributed by atoms with E-state index >= 15 is 0 Å². The van der Waals surface area contributed by atoms with E-state index in [0.717, 1.165) is 49.7 Å². The van der Waals surface area contributed by atoms with Gasteiger partial charge in [-0.2, -0.15) is 0 Å². The zero-order valence-electron chi connectivity index (χ0n) is 16.2. The molecule has 0 spiro atoms. The second-order valence-electron chi connectivity index (χ2n) is 6.91. The normalized spacial score (nSPS) is 17.9. The Morgan fingerprint density at radius 2 is 2.00 bits per heavy atom. The van der Waals surface area contributed by atoms with Gasteiger partial charge in [0.2, 0.25) is 0 Å². The van der Waals surface area contributed by atoms with Crippen molar-refractivity contribution >= 4 is 34.8 Å². The molecule has 0 aliphatic carbocycles. The molecule has 0 bridgehead atoms. The first kappa shape index (κ1) is 19.8. The highest BCUT2D eigenvalue weighted by Crippen LogP contribution is 2.36. The quantitative estimate of drug-likeness (QED) is 0.732. The van der Waals surface area contributed by atoms with Crippen LogP contribution in [-0.2, 0) is 9.53 Å². The first-order chi connectivity index (χ1) is 14.1. The molecule has 1 fully saturated rings. The average molecular weight is 415 g/mol. The Bertz CT molecular complexity index is 938. The lowest BCUT2D eigenvalue weighted by Gasteiger charge is -2.26. The highest BCUT2D eigenvalue weighted by Gasteiger charge is 2.24. The van der Waals surface area contributed by atoms with E-state index in [1.54, 1.807) is 19.2 Å². The number of halogens is 1. The van der Waals surface area contributed by atoms with Gasteiger partial charge in [-0.05, 0) is 42.0 Å². The molecule has 2 aliphatic heterocycles. The number of methoxy groups -OCH3 is 1. The molecule has 2 heterocycles. The lowest BCUT2D eigenvalue weighted by atomic mass is 10.0. The predicted molar refractivity (Wildman–Crippen MR) is 114 cm³/mol. The number of carbonyl (C=O) groups is 1. The highest BCUT2D eigenvalue weighted by molar-refractivity contribution is 6.36. The summed E-state index contributed by atoms with van der Waals surface area (Å²) in [6, 6.07) is 11.0. The minimum Gasteiger partial charge on any atom is -0.493 e. The molecule has 2 aliphatic rings. The third-order valence-electron chi connectivity index (χ3n) is 5.03. The van der Waals surface area contributed by atoms with Gasteiger partial charge in [0.1, 0.15) is 6.61 Å². The van der Waals surface area contributed by atoms with Crippen molar-refractivity contribution in [2.45, 2.75) is 0 Å². The molecular formula is C22H23ClN2O4. The van der Waals surface area contributed by atoms with Crippen molar-refractivity contribution in [1.29, 1.82) is 0 Å². The van der Waals surface area contributed by atoms with E-state index in [4.69, 9.17) is 25.8 Å². The number of rotatable bonds is 6. The number of ether oxygens (including phenoxy) is 3. The smallest absolute Gasteiger partial charge is 0.256 e. The summed E-state index contributed by atoms with van der Waals surface area (Å²) in [5, 5.41) is 3.45. The van der Waals surface area contributed by atoms with Crippen molar-refractivity contribution in [1.82, 2.24) is 4.90 Å². The fourth-order valence-electron chi connectivity index (χ4n) is 3.47. The average Bonchev–Trinajstić information content (AvgIpc) is 3.04. The minimum absolute atomic E-state index is 0.146. The third kappa shape index (κ3) is 4.56. The summed E-state index contributed by atoms with van der Waals surface area (Å²) in [6.07, 6.45) is 1.83. The van der Waals surface area contributed by atoms with Crippen LogP contribution in [0.25, 0.3) is 11.6 Å². The maximum Gasteiger partial charge on any atom is 0.256 e. The number of anilines is 1. The summed E-state index contributed by atoms with van der Waals surface area (Å²) >= 11 is 6.10. The van der Waals surface area contributed by atoms with Crippen molar-refractivity contribution < 1.29 is 19.0 Å². The number of hydrogen-bond acceptors (Lipinski definition) is 5. The van der Waals surface area contributed by atoms with E-state index < -0.39 is 0 Å². The van der Waals surface area contributed by atoms with Crippen LogP contribution in [-0.4, -0.2) is 57.4 Å². The van der Waals surface area contributed by atoms with Crippen LogP contribution in [0.15, 0.2) is 36.4 Å². The van der Waals surface area contributed by atoms with Crippen molar-refractivity contribution in [3.63, 3.8) is 0 Å². The molecule has 7 heteroatoms. The van der Waals surface area contributed by atoms with Gasteiger partial charge in [0.15, 0.2) is 11.5 Å². The summed E-state index contributed by atoms with van der Waals surface area (Å²) in [5.74, 6) is 1.17. The zero-order valence-corrected chi connectivity index (χ0v) is 17.0. The van der Waals surface area contributed by atoms with Crippen LogP contribution in [0.2, 0.25) is 5.02 Å². The van der Waals surface area contributed by atoms with Crippen LogP contribution in [0.4, 0.5) is 5.69 Å². The van der Waals surface area contributed by atoms with E-state index in [2.05, 4.69) is 10.2 Å². The van der Waals surface area contributed by atoms with Crippen molar-refractivity contribution in [2.24, 2.45) is 0 Å². The van der Waals surface area contributed by atoms with E-state index in [-0.39, 0.29) is 5.91 Å². The molecule has 0 unspecified atom stereocenters. The van der Waals surface area contributed by atoms with Gasteiger partial charge in [0, 0.05) is 41.5 Å². The second-order valence-corrected chi connectivity index (χ2v) is 7.35. The number of fused-ring (bicyclic) bond motifs is 1. The Morgan fingerprint density at radius 1 is 1.17 bits per heavy atom. The van der Waals surface area contributed by atoms with Gasteiger partial charge in [-0.15, -0.1) is 0 Å². The molecule has 2 aromatic carbocycles. The molecule has 1 saturated heterocycles. The lowest BCUT2D eigenvalue weighted by Crippen LogP contribution is -2.38. The van der Waals surface area contributed by atoms with Crippen LogP contribution in [0.1, 0.15) is 11.1 Å². The number of amides is 1. The van der Waals surface area contributed by atoms with E-state index in [0.29, 0.717) is 28.7 Å². The van der Waals surface area contributed by atoms with Crippen LogP contribution in [0, 0.1) is 0 Å². The van der Waals surface area contributed by atoms with E-state index in [1.807, 2.05) is 30.3 Å². The Balaban J connectivity index is 1.49.